The Kier molecular flexibility index (Phi) is 10.1. The SMILES string of the molecule is N=C(/C(=C1\NC(c2ccccc2)=Cc2cccc(-c3cccc(-c4ccc(-c5cc(-c6ccccc6)nc(-c6ccccc6)n5)cc4)c3)c21)c1ccccc1)c1ccccc1. The summed E-state index contributed by atoms with van der Waals surface area (Å²) in [6, 6.07) is 77.2. The van der Waals surface area contributed by atoms with Crippen LogP contribution in [0.15, 0.2) is 224 Å². The van der Waals surface area contributed by atoms with Crippen molar-refractivity contribution in [2.24, 2.45) is 0 Å². The second-order valence-corrected chi connectivity index (χ2v) is 15.0. The maximum absolute atomic E-state index is 9.76. The van der Waals surface area contributed by atoms with E-state index in [1.54, 1.807) is 0 Å². The maximum atomic E-state index is 9.76. The Balaban J connectivity index is 1.08. The molecule has 0 bridgehead atoms. The van der Waals surface area contributed by atoms with Gasteiger partial charge in [0.25, 0.3) is 0 Å². The van der Waals surface area contributed by atoms with Crippen LogP contribution < -0.4 is 5.32 Å². The number of benzene rings is 8. The van der Waals surface area contributed by atoms with Crippen LogP contribution in [-0.4, -0.2) is 15.7 Å². The van der Waals surface area contributed by atoms with Crippen LogP contribution in [0.5, 0.6) is 0 Å². The summed E-state index contributed by atoms with van der Waals surface area (Å²) < 4.78 is 0. The number of allylic oxidation sites excluding steroid dienone is 1. The standard InChI is InChI=1S/C57H40N4/c58-55(44-24-12-4-13-25-44)54(43-22-10-3-11-23-43)56-53-48(37-50(59-56)40-18-6-1-7-19-40)30-17-31-49(53)47-29-16-28-46(36-47)39-32-34-42(35-33-39)52-38-51(41-20-8-2-9-21-41)60-57(61-52)45-26-14-5-15-27-45/h1-38,58-59H/b56-54-,58-55?. The van der Waals surface area contributed by atoms with Crippen LogP contribution in [0.25, 0.3) is 79.2 Å². The zero-order valence-corrected chi connectivity index (χ0v) is 33.3. The minimum absolute atomic E-state index is 0.452. The summed E-state index contributed by atoms with van der Waals surface area (Å²) in [5.74, 6) is 0.697. The zero-order chi connectivity index (χ0) is 41.0. The van der Waals surface area contributed by atoms with Crippen molar-refractivity contribution in [3.63, 3.8) is 0 Å². The third kappa shape index (κ3) is 7.62. The van der Waals surface area contributed by atoms with Crippen molar-refractivity contribution in [1.82, 2.24) is 15.3 Å². The number of fused-ring (bicyclic) bond motifs is 1. The van der Waals surface area contributed by atoms with Gasteiger partial charge in [-0.3, -0.25) is 5.41 Å². The first-order valence-electron chi connectivity index (χ1n) is 20.5. The van der Waals surface area contributed by atoms with E-state index in [4.69, 9.17) is 9.97 Å². The summed E-state index contributed by atoms with van der Waals surface area (Å²) in [5, 5.41) is 13.6. The molecule has 1 aliphatic heterocycles. The fraction of sp³-hybridized carbons (Fsp3) is 0. The second kappa shape index (κ2) is 16.6. The highest BCUT2D eigenvalue weighted by Gasteiger charge is 2.26. The van der Waals surface area contributed by atoms with Crippen LogP contribution in [0.3, 0.4) is 0 Å². The van der Waals surface area contributed by atoms with E-state index in [0.717, 1.165) is 95.1 Å². The van der Waals surface area contributed by atoms with E-state index in [9.17, 15) is 5.41 Å². The summed E-state index contributed by atoms with van der Waals surface area (Å²) in [7, 11) is 0. The van der Waals surface area contributed by atoms with Crippen molar-refractivity contribution in [2.75, 3.05) is 0 Å². The van der Waals surface area contributed by atoms with Crippen LogP contribution in [-0.2, 0) is 0 Å². The lowest BCUT2D eigenvalue weighted by Crippen LogP contribution is -2.21. The molecular weight excluding hydrogens is 741 g/mol. The first kappa shape index (κ1) is 37.1. The van der Waals surface area contributed by atoms with E-state index in [-0.39, 0.29) is 0 Å². The Bertz CT molecular complexity index is 3010. The number of rotatable bonds is 9. The van der Waals surface area contributed by atoms with E-state index in [1.807, 2.05) is 91.0 Å². The molecule has 4 nitrogen and oxygen atoms in total. The summed E-state index contributed by atoms with van der Waals surface area (Å²) in [5.41, 5.74) is 17.4. The van der Waals surface area contributed by atoms with Gasteiger partial charge in [-0.15, -0.1) is 0 Å². The molecule has 0 spiro atoms. The Morgan fingerprint density at radius 1 is 0.393 bits per heavy atom. The molecule has 0 saturated heterocycles. The molecule has 10 rings (SSSR count). The van der Waals surface area contributed by atoms with Gasteiger partial charge in [0.15, 0.2) is 5.82 Å². The van der Waals surface area contributed by atoms with E-state index in [0.29, 0.717) is 11.5 Å². The lowest BCUT2D eigenvalue weighted by molar-refractivity contribution is 1.18. The highest BCUT2D eigenvalue weighted by Crippen LogP contribution is 2.42. The van der Waals surface area contributed by atoms with Crippen LogP contribution >= 0.6 is 0 Å². The first-order valence-corrected chi connectivity index (χ1v) is 20.5. The predicted molar refractivity (Wildman–Crippen MR) is 253 cm³/mol. The number of hydrogen-bond donors (Lipinski definition) is 2. The smallest absolute Gasteiger partial charge is 0.160 e. The third-order valence-electron chi connectivity index (χ3n) is 11.1. The second-order valence-electron chi connectivity index (χ2n) is 15.0. The molecule has 0 unspecified atom stereocenters. The van der Waals surface area contributed by atoms with E-state index >= 15 is 0 Å². The molecule has 0 amide bonds. The highest BCUT2D eigenvalue weighted by molar-refractivity contribution is 6.36. The third-order valence-corrected chi connectivity index (χ3v) is 11.1. The predicted octanol–water partition coefficient (Wildman–Crippen LogP) is 13.8. The molecule has 2 N–H and O–H groups in total. The van der Waals surface area contributed by atoms with Gasteiger partial charge in [-0.1, -0.05) is 212 Å². The van der Waals surface area contributed by atoms with E-state index in [1.165, 1.54) is 0 Å². The monoisotopic (exact) mass is 780 g/mol. The van der Waals surface area contributed by atoms with Gasteiger partial charge in [-0.05, 0) is 57.2 Å². The molecule has 0 aliphatic carbocycles. The molecule has 0 radical (unpaired) electrons. The van der Waals surface area contributed by atoms with Crippen molar-refractivity contribution in [3.05, 3.63) is 252 Å². The molecule has 61 heavy (non-hydrogen) atoms. The van der Waals surface area contributed by atoms with Gasteiger partial charge >= 0.3 is 0 Å². The average molecular weight is 781 g/mol. The lowest BCUT2D eigenvalue weighted by Gasteiger charge is -2.28. The van der Waals surface area contributed by atoms with Gasteiger partial charge in [0.1, 0.15) is 0 Å². The lowest BCUT2D eigenvalue weighted by atomic mass is 9.84. The summed E-state index contributed by atoms with van der Waals surface area (Å²) in [6.45, 7) is 0. The number of nitrogens with one attached hydrogen (secondary N) is 2. The topological polar surface area (TPSA) is 61.7 Å². The van der Waals surface area contributed by atoms with Gasteiger partial charge in [-0.2, -0.15) is 0 Å². The summed E-state index contributed by atoms with van der Waals surface area (Å²) in [6.07, 6.45) is 2.23. The van der Waals surface area contributed by atoms with Crippen LogP contribution in [0.2, 0.25) is 0 Å². The fourth-order valence-corrected chi connectivity index (χ4v) is 8.10. The van der Waals surface area contributed by atoms with Gasteiger partial charge < -0.3 is 5.32 Å². The molecule has 2 heterocycles. The quantitative estimate of drug-likeness (QED) is 0.143. The fourth-order valence-electron chi connectivity index (χ4n) is 8.10. The molecule has 9 aromatic rings. The molecule has 1 aromatic heterocycles. The Hall–Kier alpha value is -8.21. The summed E-state index contributed by atoms with van der Waals surface area (Å²) >= 11 is 0. The van der Waals surface area contributed by atoms with Gasteiger partial charge in [0.05, 0.1) is 22.8 Å². The summed E-state index contributed by atoms with van der Waals surface area (Å²) in [4.78, 5) is 10.0. The normalized spacial score (nSPS) is 12.8. The van der Waals surface area contributed by atoms with Crippen molar-refractivity contribution >= 4 is 28.8 Å². The van der Waals surface area contributed by atoms with Crippen molar-refractivity contribution in [3.8, 4) is 56.2 Å². The van der Waals surface area contributed by atoms with E-state index in [2.05, 4.69) is 145 Å². The largest absolute Gasteiger partial charge is 0.354 e. The molecule has 288 valence electrons. The maximum Gasteiger partial charge on any atom is 0.160 e. The van der Waals surface area contributed by atoms with Crippen LogP contribution in [0, 0.1) is 5.41 Å². The molecular formula is C57H40N4. The van der Waals surface area contributed by atoms with Gasteiger partial charge in [0.2, 0.25) is 0 Å². The van der Waals surface area contributed by atoms with Crippen molar-refractivity contribution < 1.29 is 0 Å². The van der Waals surface area contributed by atoms with Crippen LogP contribution in [0.1, 0.15) is 27.8 Å². The van der Waals surface area contributed by atoms with Crippen molar-refractivity contribution in [2.45, 2.75) is 0 Å². The van der Waals surface area contributed by atoms with Gasteiger partial charge in [0, 0.05) is 39.1 Å². The Morgan fingerprint density at radius 3 is 1.52 bits per heavy atom. The van der Waals surface area contributed by atoms with E-state index < -0.39 is 0 Å². The molecule has 1 aliphatic rings. The zero-order valence-electron chi connectivity index (χ0n) is 33.3. The molecule has 0 fully saturated rings. The van der Waals surface area contributed by atoms with Gasteiger partial charge in [-0.25, -0.2) is 9.97 Å². The number of aromatic nitrogens is 2. The van der Waals surface area contributed by atoms with Crippen molar-refractivity contribution in [1.29, 1.82) is 5.41 Å². The highest BCUT2D eigenvalue weighted by atomic mass is 14.9. The van der Waals surface area contributed by atoms with Crippen LogP contribution in [0.4, 0.5) is 0 Å². The molecule has 8 aromatic carbocycles. The molecule has 4 heteroatoms. The number of hydrogen-bond acceptors (Lipinski definition) is 4. The Morgan fingerprint density at radius 2 is 0.885 bits per heavy atom. The molecule has 0 saturated carbocycles. The minimum atomic E-state index is 0.452. The molecule has 0 atom stereocenters. The number of nitrogens with zero attached hydrogens (tertiary/aromatic N) is 2. The Labute approximate surface area is 356 Å². The minimum Gasteiger partial charge on any atom is -0.354 e. The first-order chi connectivity index (χ1) is 30.2. The average Bonchev–Trinajstić information content (AvgIpc) is 3.35.